The molecule has 6 nitrogen and oxygen atoms in total. The summed E-state index contributed by atoms with van der Waals surface area (Å²) in [6, 6.07) is 18.6. The molecular weight excluding hydrogens is 368 g/mol. The normalized spacial score (nSPS) is 10.4. The van der Waals surface area contributed by atoms with Crippen molar-refractivity contribution in [3.63, 3.8) is 0 Å². The third kappa shape index (κ3) is 5.04. The number of hydrogen-bond donors (Lipinski definition) is 2. The maximum Gasteiger partial charge on any atom is 0.269 e. The van der Waals surface area contributed by atoms with Gasteiger partial charge in [-0.05, 0) is 41.0 Å². The van der Waals surface area contributed by atoms with E-state index in [0.717, 1.165) is 22.8 Å². The van der Waals surface area contributed by atoms with Crippen molar-refractivity contribution >= 4 is 22.6 Å². The van der Waals surface area contributed by atoms with Crippen LogP contribution in [0.25, 0.3) is 10.8 Å². The van der Waals surface area contributed by atoms with Gasteiger partial charge in [0.15, 0.2) is 11.5 Å². The number of rotatable bonds is 7. The Bertz CT molecular complexity index is 1010. The fourth-order valence-corrected chi connectivity index (χ4v) is 3.00. The van der Waals surface area contributed by atoms with Crippen LogP contribution in [0, 0.1) is 0 Å². The maximum atomic E-state index is 12.4. The lowest BCUT2D eigenvalue weighted by Crippen LogP contribution is -2.42. The summed E-state index contributed by atoms with van der Waals surface area (Å²) in [4.78, 5) is 24.7. The number of fused-ring (bicyclic) bond motifs is 1. The van der Waals surface area contributed by atoms with E-state index in [4.69, 9.17) is 9.47 Å². The van der Waals surface area contributed by atoms with E-state index in [1.807, 2.05) is 49.4 Å². The molecule has 0 radical (unpaired) electrons. The fraction of sp³-hybridized carbons (Fsp3) is 0.217. The highest BCUT2D eigenvalue weighted by atomic mass is 16.5. The van der Waals surface area contributed by atoms with Gasteiger partial charge in [-0.3, -0.25) is 20.4 Å². The molecule has 0 unspecified atom stereocenters. The summed E-state index contributed by atoms with van der Waals surface area (Å²) in [5.74, 6) is 0.306. The molecule has 29 heavy (non-hydrogen) atoms. The van der Waals surface area contributed by atoms with Crippen molar-refractivity contribution in [1.82, 2.24) is 10.9 Å². The molecule has 0 heterocycles. The molecule has 3 aromatic carbocycles. The zero-order chi connectivity index (χ0) is 20.6. The molecule has 2 N–H and O–H groups in total. The van der Waals surface area contributed by atoms with Gasteiger partial charge in [0.2, 0.25) is 5.91 Å². The lowest BCUT2D eigenvalue weighted by molar-refractivity contribution is -0.121. The van der Waals surface area contributed by atoms with Crippen LogP contribution in [-0.4, -0.2) is 25.5 Å². The Hall–Kier alpha value is -3.54. The van der Waals surface area contributed by atoms with Crippen LogP contribution in [0.5, 0.6) is 11.5 Å². The van der Waals surface area contributed by atoms with Crippen molar-refractivity contribution in [2.45, 2.75) is 19.8 Å². The van der Waals surface area contributed by atoms with Crippen LogP contribution in [0.1, 0.15) is 29.3 Å². The van der Waals surface area contributed by atoms with Crippen LogP contribution >= 0.6 is 0 Å². The second-order valence-electron chi connectivity index (χ2n) is 6.53. The van der Waals surface area contributed by atoms with Crippen LogP contribution in [0.2, 0.25) is 0 Å². The Morgan fingerprint density at radius 3 is 2.52 bits per heavy atom. The van der Waals surface area contributed by atoms with Crippen molar-refractivity contribution in [2.75, 3.05) is 13.7 Å². The van der Waals surface area contributed by atoms with Crippen molar-refractivity contribution < 1.29 is 19.1 Å². The van der Waals surface area contributed by atoms with Gasteiger partial charge >= 0.3 is 0 Å². The van der Waals surface area contributed by atoms with E-state index in [0.29, 0.717) is 23.7 Å². The van der Waals surface area contributed by atoms with E-state index in [1.165, 1.54) is 7.11 Å². The summed E-state index contributed by atoms with van der Waals surface area (Å²) in [5, 5.41) is 2.09. The Balaban J connectivity index is 1.62. The van der Waals surface area contributed by atoms with Gasteiger partial charge in [0.25, 0.3) is 5.91 Å². The van der Waals surface area contributed by atoms with Gasteiger partial charge in [0.1, 0.15) is 0 Å². The van der Waals surface area contributed by atoms with Gasteiger partial charge in [-0.25, -0.2) is 0 Å². The van der Waals surface area contributed by atoms with Gasteiger partial charge < -0.3 is 9.47 Å². The Morgan fingerprint density at radius 2 is 1.72 bits per heavy atom. The van der Waals surface area contributed by atoms with Crippen molar-refractivity contribution in [3.8, 4) is 11.5 Å². The number of hydrogen-bond acceptors (Lipinski definition) is 4. The molecule has 0 aliphatic carbocycles. The molecule has 6 heteroatoms. The number of carbonyl (C=O) groups is 2. The van der Waals surface area contributed by atoms with E-state index in [9.17, 15) is 9.59 Å². The first-order valence-electron chi connectivity index (χ1n) is 9.49. The van der Waals surface area contributed by atoms with Crippen LogP contribution in [0.3, 0.4) is 0 Å². The molecule has 0 atom stereocenters. The van der Waals surface area contributed by atoms with E-state index < -0.39 is 5.91 Å². The van der Waals surface area contributed by atoms with Crippen LogP contribution in [0.4, 0.5) is 0 Å². The minimum atomic E-state index is -0.434. The molecule has 3 aromatic rings. The second-order valence-corrected chi connectivity index (χ2v) is 6.53. The van der Waals surface area contributed by atoms with Gasteiger partial charge in [0, 0.05) is 5.56 Å². The summed E-state index contributed by atoms with van der Waals surface area (Å²) in [6.45, 7) is 2.57. The van der Waals surface area contributed by atoms with E-state index >= 15 is 0 Å². The largest absolute Gasteiger partial charge is 0.493 e. The highest BCUT2D eigenvalue weighted by Gasteiger charge is 2.13. The lowest BCUT2D eigenvalue weighted by atomic mass is 10.0. The SMILES string of the molecule is CCCOc1ccc(C(=O)NNC(=O)Cc2cccc3ccccc23)cc1OC. The third-order valence-electron chi connectivity index (χ3n) is 4.43. The zero-order valence-corrected chi connectivity index (χ0v) is 16.5. The molecule has 0 aromatic heterocycles. The van der Waals surface area contributed by atoms with Gasteiger partial charge in [-0.15, -0.1) is 0 Å². The van der Waals surface area contributed by atoms with E-state index in [2.05, 4.69) is 10.9 Å². The predicted octanol–water partition coefficient (Wildman–Crippen LogP) is 3.64. The average molecular weight is 392 g/mol. The van der Waals surface area contributed by atoms with Crippen molar-refractivity contribution in [3.05, 3.63) is 71.8 Å². The second kappa shape index (κ2) is 9.59. The molecule has 0 spiro atoms. The van der Waals surface area contributed by atoms with E-state index in [-0.39, 0.29) is 12.3 Å². The number of nitrogens with one attached hydrogen (secondary N) is 2. The minimum Gasteiger partial charge on any atom is -0.493 e. The Morgan fingerprint density at radius 1 is 0.931 bits per heavy atom. The van der Waals surface area contributed by atoms with Crippen LogP contribution in [0.15, 0.2) is 60.7 Å². The molecule has 3 rings (SSSR count). The molecule has 0 saturated carbocycles. The predicted molar refractivity (Wildman–Crippen MR) is 112 cm³/mol. The molecule has 150 valence electrons. The smallest absolute Gasteiger partial charge is 0.269 e. The van der Waals surface area contributed by atoms with Crippen LogP contribution < -0.4 is 20.3 Å². The number of benzene rings is 3. The van der Waals surface area contributed by atoms with Crippen molar-refractivity contribution in [1.29, 1.82) is 0 Å². The first-order chi connectivity index (χ1) is 14.1. The quantitative estimate of drug-likeness (QED) is 0.602. The number of hydrazine groups is 1. The highest BCUT2D eigenvalue weighted by molar-refractivity contribution is 5.96. The Kier molecular flexibility index (Phi) is 6.68. The summed E-state index contributed by atoms with van der Waals surface area (Å²) >= 11 is 0. The minimum absolute atomic E-state index is 0.161. The Labute approximate surface area is 169 Å². The van der Waals surface area contributed by atoms with Gasteiger partial charge in [-0.2, -0.15) is 0 Å². The van der Waals surface area contributed by atoms with Gasteiger partial charge in [0.05, 0.1) is 20.1 Å². The number of methoxy groups -OCH3 is 1. The summed E-state index contributed by atoms with van der Waals surface area (Å²) < 4.78 is 10.9. The molecule has 0 bridgehead atoms. The monoisotopic (exact) mass is 392 g/mol. The van der Waals surface area contributed by atoms with Gasteiger partial charge in [-0.1, -0.05) is 49.4 Å². The van der Waals surface area contributed by atoms with E-state index in [1.54, 1.807) is 18.2 Å². The topological polar surface area (TPSA) is 76.7 Å². The molecule has 0 aliphatic rings. The maximum absolute atomic E-state index is 12.4. The van der Waals surface area contributed by atoms with Crippen molar-refractivity contribution in [2.24, 2.45) is 0 Å². The summed E-state index contributed by atoms with van der Waals surface area (Å²) in [7, 11) is 1.52. The fourth-order valence-electron chi connectivity index (χ4n) is 3.00. The number of amides is 2. The molecule has 2 amide bonds. The molecule has 0 saturated heterocycles. The number of carbonyl (C=O) groups excluding carboxylic acids is 2. The first kappa shape index (κ1) is 20.2. The lowest BCUT2D eigenvalue weighted by Gasteiger charge is -2.12. The van der Waals surface area contributed by atoms with Crippen LogP contribution in [-0.2, 0) is 11.2 Å². The molecule has 0 fully saturated rings. The molecular formula is C23H24N2O4. The summed E-state index contributed by atoms with van der Waals surface area (Å²) in [6.07, 6.45) is 1.03. The highest BCUT2D eigenvalue weighted by Crippen LogP contribution is 2.28. The summed E-state index contributed by atoms with van der Waals surface area (Å²) in [5.41, 5.74) is 6.17. The average Bonchev–Trinajstić information content (AvgIpc) is 2.76. The first-order valence-corrected chi connectivity index (χ1v) is 9.49. The zero-order valence-electron chi connectivity index (χ0n) is 16.5. The number of ether oxygens (including phenoxy) is 2. The third-order valence-corrected chi connectivity index (χ3v) is 4.43. The molecule has 0 aliphatic heterocycles. The standard InChI is InChI=1S/C23H24N2O4/c1-3-13-29-20-12-11-18(14-21(20)28-2)23(27)25-24-22(26)15-17-9-6-8-16-7-4-5-10-19(16)17/h4-12,14H,3,13,15H2,1-2H3,(H,24,26)(H,25,27).